The van der Waals surface area contributed by atoms with E-state index in [4.69, 9.17) is 4.74 Å². The van der Waals surface area contributed by atoms with Crippen molar-refractivity contribution in [1.82, 2.24) is 10.3 Å². The molecule has 4 aliphatic rings. The lowest BCUT2D eigenvalue weighted by Gasteiger charge is -2.55. The Balaban J connectivity index is 1.10. The summed E-state index contributed by atoms with van der Waals surface area (Å²) in [5, 5.41) is 7.80. The maximum absolute atomic E-state index is 13.0. The molecule has 2 amide bonds. The highest BCUT2D eigenvalue weighted by Crippen LogP contribution is 2.60. The third kappa shape index (κ3) is 4.67. The summed E-state index contributed by atoms with van der Waals surface area (Å²) in [6, 6.07) is 9.68. The minimum atomic E-state index is -0.988. The zero-order valence-corrected chi connectivity index (χ0v) is 19.5. The second-order valence-corrected chi connectivity index (χ2v) is 10.8. The van der Waals surface area contributed by atoms with Gasteiger partial charge in [-0.15, -0.1) is 11.3 Å². The van der Waals surface area contributed by atoms with Crippen molar-refractivity contribution < 1.29 is 19.1 Å². The summed E-state index contributed by atoms with van der Waals surface area (Å²) in [6.07, 6.45) is 5.61. The summed E-state index contributed by atoms with van der Waals surface area (Å²) in [6.45, 7) is 1.30. The normalized spacial score (nSPS) is 28.2. The summed E-state index contributed by atoms with van der Waals surface area (Å²) in [4.78, 5) is 42.1. The predicted molar refractivity (Wildman–Crippen MR) is 125 cm³/mol. The molecule has 1 aromatic heterocycles. The van der Waals surface area contributed by atoms with E-state index in [1.165, 1.54) is 37.5 Å². The highest BCUT2D eigenvalue weighted by Gasteiger charge is 2.54. The number of amides is 2. The fraction of sp³-hybridized carbons (Fsp3) is 0.520. The van der Waals surface area contributed by atoms with E-state index in [1.54, 1.807) is 0 Å². The minimum Gasteiger partial charge on any atom is -0.451 e. The third-order valence-corrected chi connectivity index (χ3v) is 8.15. The van der Waals surface area contributed by atoms with Gasteiger partial charge >= 0.3 is 5.97 Å². The van der Waals surface area contributed by atoms with Gasteiger partial charge in [0.1, 0.15) is 6.54 Å². The van der Waals surface area contributed by atoms with Crippen LogP contribution in [0.4, 0.5) is 5.13 Å². The quantitative estimate of drug-likeness (QED) is 0.600. The van der Waals surface area contributed by atoms with Crippen LogP contribution in [0.3, 0.4) is 0 Å². The van der Waals surface area contributed by atoms with Crippen LogP contribution in [0.2, 0.25) is 0 Å². The van der Waals surface area contributed by atoms with Crippen molar-refractivity contribution in [1.29, 1.82) is 0 Å². The molecule has 1 unspecified atom stereocenters. The van der Waals surface area contributed by atoms with Crippen molar-refractivity contribution in [2.24, 2.45) is 23.2 Å². The maximum Gasteiger partial charge on any atom is 0.326 e. The highest BCUT2D eigenvalue weighted by molar-refractivity contribution is 7.14. The summed E-state index contributed by atoms with van der Waals surface area (Å²) in [5.74, 6) is 0.888. The molecule has 0 saturated heterocycles. The van der Waals surface area contributed by atoms with Gasteiger partial charge in [0, 0.05) is 16.4 Å². The van der Waals surface area contributed by atoms with Gasteiger partial charge in [-0.05, 0) is 63.2 Å². The average molecular weight is 468 g/mol. The van der Waals surface area contributed by atoms with Gasteiger partial charge in [-0.2, -0.15) is 0 Å². The van der Waals surface area contributed by atoms with Gasteiger partial charge in [0.2, 0.25) is 5.91 Å². The Kier molecular flexibility index (Phi) is 5.95. The summed E-state index contributed by atoms with van der Waals surface area (Å²) >= 11 is 1.31. The number of hydrogen-bond acceptors (Lipinski definition) is 6. The van der Waals surface area contributed by atoms with Gasteiger partial charge in [0.25, 0.3) is 5.91 Å². The van der Waals surface area contributed by atoms with Crippen LogP contribution in [0, 0.1) is 23.2 Å². The molecule has 4 bridgehead atoms. The van der Waals surface area contributed by atoms with Gasteiger partial charge in [0.05, 0.1) is 5.69 Å². The molecule has 33 heavy (non-hydrogen) atoms. The third-order valence-electron chi connectivity index (χ3n) is 7.39. The molecule has 4 fully saturated rings. The molecule has 1 atom stereocenters. The zero-order chi connectivity index (χ0) is 23.0. The van der Waals surface area contributed by atoms with Crippen LogP contribution in [0.5, 0.6) is 0 Å². The smallest absolute Gasteiger partial charge is 0.326 e. The van der Waals surface area contributed by atoms with E-state index in [2.05, 4.69) is 15.6 Å². The molecule has 4 saturated carbocycles. The van der Waals surface area contributed by atoms with Crippen LogP contribution in [0.1, 0.15) is 45.4 Å². The number of hydrogen-bond donors (Lipinski definition) is 2. The Bertz CT molecular complexity index is 1020. The Morgan fingerprint density at radius 2 is 1.73 bits per heavy atom. The maximum atomic E-state index is 13.0. The Morgan fingerprint density at radius 1 is 1.09 bits per heavy atom. The van der Waals surface area contributed by atoms with E-state index in [0.29, 0.717) is 22.9 Å². The number of aromatic nitrogens is 1. The summed E-state index contributed by atoms with van der Waals surface area (Å²) in [5.41, 5.74) is 1.43. The second kappa shape index (κ2) is 8.89. The van der Waals surface area contributed by atoms with Gasteiger partial charge in [-0.1, -0.05) is 30.3 Å². The first kappa shape index (κ1) is 22.1. The number of ether oxygens (including phenoxy) is 1. The molecular formula is C25H29N3O4S. The fourth-order valence-corrected chi connectivity index (χ4v) is 7.02. The Labute approximate surface area is 197 Å². The van der Waals surface area contributed by atoms with E-state index in [1.807, 2.05) is 35.7 Å². The standard InChI is InChI=1S/C25H29N3O4S/c1-15(22(30)28-24-27-20(14-33-24)19-5-3-2-4-6-19)32-21(29)13-26-23(31)25-10-16-7-17(11-25)9-18(8-16)12-25/h2-6,14-18H,7-13H2,1H3,(H,26,31)(H,27,28,30). The molecule has 7 nitrogen and oxygen atoms in total. The van der Waals surface area contributed by atoms with E-state index in [0.717, 1.165) is 30.5 Å². The molecule has 8 heteroatoms. The predicted octanol–water partition coefficient (Wildman–Crippen LogP) is 4.01. The lowest BCUT2D eigenvalue weighted by molar-refractivity contribution is -0.155. The first-order valence-corrected chi connectivity index (χ1v) is 12.6. The van der Waals surface area contributed by atoms with E-state index < -0.39 is 18.0 Å². The molecule has 1 aromatic carbocycles. The van der Waals surface area contributed by atoms with Crippen LogP contribution in [-0.4, -0.2) is 35.4 Å². The number of thiazole rings is 1. The van der Waals surface area contributed by atoms with Crippen molar-refractivity contribution in [3.8, 4) is 11.3 Å². The summed E-state index contributed by atoms with van der Waals surface area (Å²) in [7, 11) is 0. The van der Waals surface area contributed by atoms with Crippen LogP contribution in [0.15, 0.2) is 35.7 Å². The molecule has 1 heterocycles. The van der Waals surface area contributed by atoms with Crippen molar-refractivity contribution >= 4 is 34.3 Å². The lowest BCUT2D eigenvalue weighted by atomic mass is 9.49. The molecule has 0 radical (unpaired) electrons. The topological polar surface area (TPSA) is 97.4 Å². The lowest BCUT2D eigenvalue weighted by Crippen LogP contribution is -2.54. The average Bonchev–Trinajstić information content (AvgIpc) is 3.25. The number of anilines is 1. The number of nitrogens with one attached hydrogen (secondary N) is 2. The molecule has 6 rings (SSSR count). The van der Waals surface area contributed by atoms with Crippen molar-refractivity contribution in [3.63, 3.8) is 0 Å². The number of esters is 1. The first-order valence-electron chi connectivity index (χ1n) is 11.7. The molecule has 0 spiro atoms. The van der Waals surface area contributed by atoms with E-state index in [-0.39, 0.29) is 17.9 Å². The van der Waals surface area contributed by atoms with Gasteiger partial charge in [0.15, 0.2) is 11.2 Å². The van der Waals surface area contributed by atoms with Gasteiger partial charge in [-0.3, -0.25) is 19.7 Å². The fourth-order valence-electron chi connectivity index (χ4n) is 6.30. The number of carbonyl (C=O) groups excluding carboxylic acids is 3. The van der Waals surface area contributed by atoms with Crippen LogP contribution in [0.25, 0.3) is 11.3 Å². The SMILES string of the molecule is CC(OC(=O)CNC(=O)C12CC3CC(CC(C3)C1)C2)C(=O)Nc1nc(-c2ccccc2)cs1. The summed E-state index contributed by atoms with van der Waals surface area (Å²) < 4.78 is 5.26. The molecule has 0 aliphatic heterocycles. The molecule has 4 aliphatic carbocycles. The first-order chi connectivity index (χ1) is 15.9. The van der Waals surface area contributed by atoms with Gasteiger partial charge < -0.3 is 10.1 Å². The molecule has 2 N–H and O–H groups in total. The second-order valence-electron chi connectivity index (χ2n) is 9.91. The van der Waals surface area contributed by atoms with Crippen LogP contribution < -0.4 is 10.6 Å². The van der Waals surface area contributed by atoms with Crippen LogP contribution in [-0.2, 0) is 19.1 Å². The number of benzene rings is 1. The molecular weight excluding hydrogens is 438 g/mol. The van der Waals surface area contributed by atoms with Crippen molar-refractivity contribution in [3.05, 3.63) is 35.7 Å². The zero-order valence-electron chi connectivity index (χ0n) is 18.7. The van der Waals surface area contributed by atoms with Crippen molar-refractivity contribution in [2.45, 2.75) is 51.6 Å². The van der Waals surface area contributed by atoms with E-state index in [9.17, 15) is 14.4 Å². The van der Waals surface area contributed by atoms with E-state index >= 15 is 0 Å². The van der Waals surface area contributed by atoms with Crippen molar-refractivity contribution in [2.75, 3.05) is 11.9 Å². The highest BCUT2D eigenvalue weighted by atomic mass is 32.1. The largest absolute Gasteiger partial charge is 0.451 e. The number of carbonyl (C=O) groups is 3. The minimum absolute atomic E-state index is 0.0214. The molecule has 2 aromatic rings. The number of rotatable bonds is 7. The van der Waals surface area contributed by atoms with Crippen LogP contribution >= 0.6 is 11.3 Å². The molecule has 174 valence electrons. The number of nitrogens with zero attached hydrogens (tertiary/aromatic N) is 1. The monoisotopic (exact) mass is 467 g/mol. The Hall–Kier alpha value is -2.74. The van der Waals surface area contributed by atoms with Gasteiger partial charge in [-0.25, -0.2) is 4.98 Å². The Morgan fingerprint density at radius 3 is 2.36 bits per heavy atom.